The number of benzene rings is 2. The van der Waals surface area contributed by atoms with Crippen molar-refractivity contribution < 1.29 is 24.2 Å². The van der Waals surface area contributed by atoms with Gasteiger partial charge in [0.25, 0.3) is 0 Å². The molecule has 0 bridgehead atoms. The normalized spacial score (nSPS) is 12.8. The Morgan fingerprint density at radius 1 is 0.850 bits per heavy atom. The van der Waals surface area contributed by atoms with E-state index in [1.807, 2.05) is 69.3 Å². The first-order valence-corrected chi connectivity index (χ1v) is 13.5. The molecule has 2 aromatic carbocycles. The lowest BCUT2D eigenvalue weighted by atomic mass is 9.99. The van der Waals surface area contributed by atoms with Crippen LogP contribution in [0.15, 0.2) is 92.1 Å². The summed E-state index contributed by atoms with van der Waals surface area (Å²) >= 11 is 0. The predicted molar refractivity (Wildman–Crippen MR) is 168 cm³/mol. The van der Waals surface area contributed by atoms with Crippen LogP contribution in [0.2, 0.25) is 0 Å². The van der Waals surface area contributed by atoms with Crippen molar-refractivity contribution >= 4 is 24.1 Å². The maximum atomic E-state index is 11.3. The van der Waals surface area contributed by atoms with Gasteiger partial charge < -0.3 is 14.6 Å². The van der Waals surface area contributed by atoms with Crippen molar-refractivity contribution in [2.45, 2.75) is 84.8 Å². The highest BCUT2D eigenvalue weighted by Crippen LogP contribution is 2.36. The summed E-state index contributed by atoms with van der Waals surface area (Å²) in [6.07, 6.45) is 8.88. The van der Waals surface area contributed by atoms with Crippen LogP contribution in [0.5, 0.6) is 5.75 Å². The number of hydrogen-bond acceptors (Lipinski definition) is 5. The maximum Gasteiger partial charge on any atom is 0.333 e. The first-order valence-electron chi connectivity index (χ1n) is 13.5. The first-order chi connectivity index (χ1) is 18.7. The highest BCUT2D eigenvalue weighted by Gasteiger charge is 2.35. The zero-order valence-electron chi connectivity index (χ0n) is 25.3. The van der Waals surface area contributed by atoms with E-state index in [4.69, 9.17) is 14.6 Å². The van der Waals surface area contributed by atoms with E-state index in [0.29, 0.717) is 16.9 Å². The molecule has 0 atom stereocenters. The van der Waals surface area contributed by atoms with Gasteiger partial charge in [-0.15, -0.1) is 0 Å². The summed E-state index contributed by atoms with van der Waals surface area (Å²) in [5.41, 5.74) is 2.56. The third kappa shape index (κ3) is 16.2. The topological polar surface area (TPSA) is 72.8 Å². The lowest BCUT2D eigenvalue weighted by Crippen LogP contribution is -2.31. The first kappa shape index (κ1) is 36.1. The van der Waals surface area contributed by atoms with E-state index in [-0.39, 0.29) is 17.5 Å². The van der Waals surface area contributed by atoms with Crippen molar-refractivity contribution in [3.05, 3.63) is 103 Å². The van der Waals surface area contributed by atoms with Gasteiger partial charge in [0.05, 0.1) is 0 Å². The average molecular weight is 549 g/mol. The van der Waals surface area contributed by atoms with E-state index in [2.05, 4.69) is 33.2 Å². The molecule has 0 radical (unpaired) electrons. The number of aromatic hydroxyl groups is 1. The van der Waals surface area contributed by atoms with Crippen molar-refractivity contribution in [2.24, 2.45) is 0 Å². The van der Waals surface area contributed by atoms with Crippen LogP contribution >= 0.6 is 0 Å². The van der Waals surface area contributed by atoms with Gasteiger partial charge in [0, 0.05) is 11.1 Å². The van der Waals surface area contributed by atoms with Crippen LogP contribution in [0.25, 0.3) is 12.2 Å². The summed E-state index contributed by atoms with van der Waals surface area (Å²) in [6, 6.07) is 16.9. The molecule has 5 nitrogen and oxygen atoms in total. The maximum absolute atomic E-state index is 11.3. The Morgan fingerprint density at radius 2 is 1.30 bits per heavy atom. The SMILES string of the molecule is C=C(C)C(=O)OC(C)(C)C.C=C(C)C(=O)OC1(CC)CCCC1.C=Cc1ccc(O)cc1.C=Cc1ccccc1. The molecule has 0 unspecified atom stereocenters. The Labute approximate surface area is 241 Å². The van der Waals surface area contributed by atoms with E-state index >= 15 is 0 Å². The quantitative estimate of drug-likeness (QED) is 0.288. The molecule has 0 saturated heterocycles. The van der Waals surface area contributed by atoms with Gasteiger partial charge in [-0.05, 0) is 90.0 Å². The molecule has 1 aliphatic carbocycles. The van der Waals surface area contributed by atoms with E-state index < -0.39 is 5.60 Å². The Kier molecular flexibility index (Phi) is 16.7. The molecule has 0 amide bonds. The van der Waals surface area contributed by atoms with Crippen molar-refractivity contribution in [3.8, 4) is 5.75 Å². The van der Waals surface area contributed by atoms with Gasteiger partial charge in [-0.25, -0.2) is 9.59 Å². The molecule has 0 aliphatic heterocycles. The van der Waals surface area contributed by atoms with Crippen molar-refractivity contribution in [1.82, 2.24) is 0 Å². The molecule has 0 spiro atoms. The smallest absolute Gasteiger partial charge is 0.333 e. The molecule has 5 heteroatoms. The number of esters is 2. The Balaban J connectivity index is 0.000000516. The Morgan fingerprint density at radius 3 is 1.62 bits per heavy atom. The second kappa shape index (κ2) is 18.4. The van der Waals surface area contributed by atoms with Crippen LogP contribution in [0.4, 0.5) is 0 Å². The summed E-state index contributed by atoms with van der Waals surface area (Å²) in [5.74, 6) is -0.267. The number of carbonyl (C=O) groups excluding carboxylic acids is 2. The molecule has 2 aromatic rings. The molecule has 1 aliphatic rings. The molecule has 218 valence electrons. The van der Waals surface area contributed by atoms with Crippen LogP contribution in [-0.2, 0) is 19.1 Å². The summed E-state index contributed by atoms with van der Waals surface area (Å²) in [4.78, 5) is 22.2. The van der Waals surface area contributed by atoms with Gasteiger partial charge >= 0.3 is 11.9 Å². The van der Waals surface area contributed by atoms with E-state index in [1.165, 1.54) is 18.4 Å². The van der Waals surface area contributed by atoms with Gasteiger partial charge in [0.1, 0.15) is 17.0 Å². The molecule has 3 rings (SSSR count). The molecule has 40 heavy (non-hydrogen) atoms. The fraction of sp³-hybridized carbons (Fsp3) is 0.371. The molecular weight excluding hydrogens is 500 g/mol. The van der Waals surface area contributed by atoms with Crippen molar-refractivity contribution in [2.75, 3.05) is 0 Å². The zero-order valence-corrected chi connectivity index (χ0v) is 25.3. The van der Waals surface area contributed by atoms with E-state index in [9.17, 15) is 9.59 Å². The average Bonchev–Trinajstić information content (AvgIpc) is 3.38. The molecule has 1 N–H and O–H groups in total. The third-order valence-corrected chi connectivity index (χ3v) is 5.73. The predicted octanol–water partition coefficient (Wildman–Crippen LogP) is 9.10. The third-order valence-electron chi connectivity index (χ3n) is 5.73. The number of ether oxygens (including phenoxy) is 2. The van der Waals surface area contributed by atoms with Gasteiger partial charge in [-0.1, -0.05) is 87.9 Å². The molecule has 0 heterocycles. The van der Waals surface area contributed by atoms with Gasteiger partial charge in [0.15, 0.2) is 0 Å². The van der Waals surface area contributed by atoms with Crippen LogP contribution in [-0.4, -0.2) is 28.2 Å². The van der Waals surface area contributed by atoms with Crippen LogP contribution in [0.3, 0.4) is 0 Å². The largest absolute Gasteiger partial charge is 0.508 e. The van der Waals surface area contributed by atoms with E-state index in [1.54, 1.807) is 32.1 Å². The second-order valence-electron chi connectivity index (χ2n) is 10.6. The Hall–Kier alpha value is -3.86. The highest BCUT2D eigenvalue weighted by molar-refractivity contribution is 5.87. The van der Waals surface area contributed by atoms with Crippen LogP contribution in [0.1, 0.15) is 84.8 Å². The van der Waals surface area contributed by atoms with E-state index in [0.717, 1.165) is 24.8 Å². The molecule has 1 fully saturated rings. The number of phenolic OH excluding ortho intramolecular Hbond substituents is 1. The van der Waals surface area contributed by atoms with Crippen molar-refractivity contribution in [3.63, 3.8) is 0 Å². The second-order valence-corrected chi connectivity index (χ2v) is 10.6. The number of carbonyl (C=O) groups is 2. The minimum Gasteiger partial charge on any atom is -0.508 e. The molecule has 1 saturated carbocycles. The van der Waals surface area contributed by atoms with Gasteiger partial charge in [0.2, 0.25) is 0 Å². The lowest BCUT2D eigenvalue weighted by molar-refractivity contribution is -0.154. The van der Waals surface area contributed by atoms with Crippen LogP contribution in [0, 0.1) is 0 Å². The minimum absolute atomic E-state index is 0.171. The monoisotopic (exact) mass is 548 g/mol. The summed E-state index contributed by atoms with van der Waals surface area (Å²) in [7, 11) is 0. The fourth-order valence-electron chi connectivity index (χ4n) is 3.40. The summed E-state index contributed by atoms with van der Waals surface area (Å²) in [5, 5.41) is 8.82. The van der Waals surface area contributed by atoms with Crippen LogP contribution < -0.4 is 0 Å². The zero-order chi connectivity index (χ0) is 30.8. The fourth-order valence-corrected chi connectivity index (χ4v) is 3.40. The molecule has 0 aromatic heterocycles. The summed E-state index contributed by atoms with van der Waals surface area (Å²) in [6.45, 7) is 25.2. The summed E-state index contributed by atoms with van der Waals surface area (Å²) < 4.78 is 10.4. The van der Waals surface area contributed by atoms with Crippen molar-refractivity contribution in [1.29, 1.82) is 0 Å². The highest BCUT2D eigenvalue weighted by atomic mass is 16.6. The van der Waals surface area contributed by atoms with Gasteiger partial charge in [-0.2, -0.15) is 0 Å². The standard InChI is InChI=1S/C11H18O2.C8H14O2.C8H8O.C8H8/c1-4-11(7-5-6-8-11)13-10(12)9(2)3;1-6(2)7(9)10-8(3,4)5;1-2-7-3-5-8(9)6-4-7;1-2-8-6-4-3-5-7-8/h2,4-8H2,1,3H3;1H2,2-5H3;2-6,9H,1H2;2-7H,1H2. The number of hydrogen-bond donors (Lipinski definition) is 1. The molecular formula is C35H48O5. The lowest BCUT2D eigenvalue weighted by Gasteiger charge is -2.27. The number of rotatable bonds is 6. The number of phenols is 1. The minimum atomic E-state index is -0.407. The van der Waals surface area contributed by atoms with Gasteiger partial charge in [-0.3, -0.25) is 0 Å². The Bertz CT molecular complexity index is 1080.